The number of fused-ring (bicyclic) bond motifs is 1. The fraction of sp³-hybridized carbons (Fsp3) is 0.320. The van der Waals surface area contributed by atoms with Crippen molar-refractivity contribution in [1.82, 2.24) is 9.97 Å². The Morgan fingerprint density at radius 1 is 1.06 bits per heavy atom. The Morgan fingerprint density at radius 2 is 1.82 bits per heavy atom. The van der Waals surface area contributed by atoms with E-state index in [0.717, 1.165) is 22.6 Å². The summed E-state index contributed by atoms with van der Waals surface area (Å²) in [6, 6.07) is 9.05. The first-order chi connectivity index (χ1) is 16.4. The molecule has 0 saturated carbocycles. The second-order valence-electron chi connectivity index (χ2n) is 7.80. The second-order valence-corrected chi connectivity index (χ2v) is 8.56. The quantitative estimate of drug-likeness (QED) is 0.448. The lowest BCUT2D eigenvalue weighted by molar-refractivity contribution is 0.102. The SMILES string of the molecule is CCOc1c(Cl)c(Cl)c2c(c1OCC)CCN(c1ccc(C(=O)Nc3cccc(C)n3)cn1)C2. The molecule has 0 fully saturated rings. The molecule has 3 aromatic rings. The number of ether oxygens (including phenoxy) is 2. The third-order valence-corrected chi connectivity index (χ3v) is 6.40. The predicted octanol–water partition coefficient (Wildman–Crippen LogP) is 5.70. The van der Waals surface area contributed by atoms with Gasteiger partial charge in [0.1, 0.15) is 16.7 Å². The number of anilines is 2. The minimum atomic E-state index is -0.263. The summed E-state index contributed by atoms with van der Waals surface area (Å²) in [5.41, 5.74) is 3.19. The van der Waals surface area contributed by atoms with Gasteiger partial charge in [-0.25, -0.2) is 9.97 Å². The van der Waals surface area contributed by atoms with Gasteiger partial charge in [0.2, 0.25) is 0 Å². The summed E-state index contributed by atoms with van der Waals surface area (Å²) in [5.74, 6) is 2.15. The summed E-state index contributed by atoms with van der Waals surface area (Å²) >= 11 is 13.2. The van der Waals surface area contributed by atoms with Crippen LogP contribution in [-0.2, 0) is 13.0 Å². The number of carbonyl (C=O) groups is 1. The number of amides is 1. The molecule has 1 aromatic carbocycles. The third-order valence-electron chi connectivity index (χ3n) is 5.52. The molecule has 0 spiro atoms. The summed E-state index contributed by atoms with van der Waals surface area (Å²) in [4.78, 5) is 23.5. The number of pyridine rings is 2. The van der Waals surface area contributed by atoms with Crippen molar-refractivity contribution >= 4 is 40.7 Å². The van der Waals surface area contributed by atoms with Crippen LogP contribution in [0.3, 0.4) is 0 Å². The van der Waals surface area contributed by atoms with E-state index in [4.69, 9.17) is 32.7 Å². The molecule has 1 N–H and O–H groups in total. The van der Waals surface area contributed by atoms with E-state index in [1.807, 2.05) is 39.0 Å². The van der Waals surface area contributed by atoms with E-state index in [1.54, 1.807) is 18.3 Å². The number of aryl methyl sites for hydroxylation is 1. The van der Waals surface area contributed by atoms with Crippen LogP contribution in [0.15, 0.2) is 36.5 Å². The Bertz CT molecular complexity index is 1200. The zero-order chi connectivity index (χ0) is 24.2. The number of halogens is 2. The molecule has 0 saturated heterocycles. The van der Waals surface area contributed by atoms with Crippen LogP contribution in [0, 0.1) is 6.92 Å². The Hall–Kier alpha value is -3.03. The maximum atomic E-state index is 12.6. The Balaban J connectivity index is 1.55. The molecule has 34 heavy (non-hydrogen) atoms. The van der Waals surface area contributed by atoms with Crippen LogP contribution < -0.4 is 19.7 Å². The molecule has 0 radical (unpaired) electrons. The molecule has 1 amide bonds. The maximum absolute atomic E-state index is 12.6. The predicted molar refractivity (Wildman–Crippen MR) is 135 cm³/mol. The summed E-state index contributed by atoms with van der Waals surface area (Å²) in [6.07, 6.45) is 2.26. The average Bonchev–Trinajstić information content (AvgIpc) is 2.84. The number of benzene rings is 1. The molecule has 2 aromatic heterocycles. The highest BCUT2D eigenvalue weighted by atomic mass is 35.5. The van der Waals surface area contributed by atoms with Gasteiger partial charge in [0.25, 0.3) is 5.91 Å². The first kappa shape index (κ1) is 24.1. The Morgan fingerprint density at radius 3 is 2.50 bits per heavy atom. The van der Waals surface area contributed by atoms with Gasteiger partial charge in [-0.2, -0.15) is 0 Å². The lowest BCUT2D eigenvalue weighted by Crippen LogP contribution is -2.32. The smallest absolute Gasteiger partial charge is 0.258 e. The summed E-state index contributed by atoms with van der Waals surface area (Å²) < 4.78 is 11.7. The van der Waals surface area contributed by atoms with E-state index in [0.29, 0.717) is 65.6 Å². The fourth-order valence-electron chi connectivity index (χ4n) is 3.96. The van der Waals surface area contributed by atoms with Crippen LogP contribution >= 0.6 is 23.2 Å². The first-order valence-electron chi connectivity index (χ1n) is 11.2. The van der Waals surface area contributed by atoms with Crippen molar-refractivity contribution in [3.63, 3.8) is 0 Å². The van der Waals surface area contributed by atoms with Crippen LogP contribution in [0.5, 0.6) is 11.5 Å². The fourth-order valence-corrected chi connectivity index (χ4v) is 4.47. The molecular formula is C25H26Cl2N4O3. The van der Waals surface area contributed by atoms with Gasteiger partial charge in [0.15, 0.2) is 11.5 Å². The van der Waals surface area contributed by atoms with Gasteiger partial charge in [0.05, 0.1) is 23.8 Å². The zero-order valence-electron chi connectivity index (χ0n) is 19.3. The molecule has 1 aliphatic heterocycles. The second kappa shape index (κ2) is 10.5. The van der Waals surface area contributed by atoms with E-state index in [9.17, 15) is 4.79 Å². The molecule has 9 heteroatoms. The number of nitrogens with one attached hydrogen (secondary N) is 1. The van der Waals surface area contributed by atoms with E-state index in [-0.39, 0.29) is 5.91 Å². The Kier molecular flexibility index (Phi) is 7.44. The monoisotopic (exact) mass is 500 g/mol. The molecule has 0 bridgehead atoms. The van der Waals surface area contributed by atoms with Crippen molar-refractivity contribution in [2.75, 3.05) is 30.0 Å². The van der Waals surface area contributed by atoms with Gasteiger partial charge < -0.3 is 19.7 Å². The average molecular weight is 501 g/mol. The largest absolute Gasteiger partial charge is 0.490 e. The zero-order valence-corrected chi connectivity index (χ0v) is 20.8. The van der Waals surface area contributed by atoms with Crippen molar-refractivity contribution in [2.45, 2.75) is 33.7 Å². The highest BCUT2D eigenvalue weighted by molar-refractivity contribution is 6.43. The summed E-state index contributed by atoms with van der Waals surface area (Å²) in [6.45, 7) is 7.89. The van der Waals surface area contributed by atoms with E-state index >= 15 is 0 Å². The third kappa shape index (κ3) is 4.91. The van der Waals surface area contributed by atoms with Gasteiger partial charge in [-0.1, -0.05) is 29.3 Å². The topological polar surface area (TPSA) is 76.6 Å². The molecular weight excluding hydrogens is 475 g/mol. The normalized spacial score (nSPS) is 12.8. The summed E-state index contributed by atoms with van der Waals surface area (Å²) in [5, 5.41) is 3.62. The minimum Gasteiger partial charge on any atom is -0.490 e. The van der Waals surface area contributed by atoms with Gasteiger partial charge in [-0.3, -0.25) is 4.79 Å². The lowest BCUT2D eigenvalue weighted by atomic mass is 9.97. The van der Waals surface area contributed by atoms with Gasteiger partial charge >= 0.3 is 0 Å². The molecule has 0 aliphatic carbocycles. The van der Waals surface area contributed by atoms with Crippen molar-refractivity contribution in [3.8, 4) is 11.5 Å². The van der Waals surface area contributed by atoms with Crippen LogP contribution in [0.4, 0.5) is 11.6 Å². The first-order valence-corrected chi connectivity index (χ1v) is 11.9. The summed E-state index contributed by atoms with van der Waals surface area (Å²) in [7, 11) is 0. The van der Waals surface area contributed by atoms with E-state index in [1.165, 1.54) is 0 Å². The maximum Gasteiger partial charge on any atom is 0.258 e. The minimum absolute atomic E-state index is 0.263. The van der Waals surface area contributed by atoms with Crippen LogP contribution in [-0.4, -0.2) is 35.6 Å². The van der Waals surface area contributed by atoms with Crippen LogP contribution in [0.2, 0.25) is 10.0 Å². The number of nitrogens with zero attached hydrogens (tertiary/aromatic N) is 3. The standard InChI is InChI=1S/C25H26Cl2N4O3/c1-4-33-23-17-11-12-31(14-18(17)21(26)22(27)24(23)34-5-2)20-10-9-16(13-28-20)25(32)30-19-8-6-7-15(3)29-19/h6-10,13H,4-5,11-12,14H2,1-3H3,(H,29,30,32). The molecule has 0 atom stereocenters. The number of carbonyl (C=O) groups excluding carboxylic acids is 1. The number of aromatic nitrogens is 2. The molecule has 7 nitrogen and oxygen atoms in total. The van der Waals surface area contributed by atoms with Crippen LogP contribution in [0.25, 0.3) is 0 Å². The highest BCUT2D eigenvalue weighted by Crippen LogP contribution is 2.47. The number of hydrogen-bond acceptors (Lipinski definition) is 6. The number of rotatable bonds is 7. The Labute approximate surface area is 209 Å². The van der Waals surface area contributed by atoms with E-state index in [2.05, 4.69) is 20.2 Å². The van der Waals surface area contributed by atoms with Crippen molar-refractivity contribution in [1.29, 1.82) is 0 Å². The van der Waals surface area contributed by atoms with Gasteiger partial charge in [-0.15, -0.1) is 0 Å². The molecule has 3 heterocycles. The van der Waals surface area contributed by atoms with Crippen molar-refractivity contribution < 1.29 is 14.3 Å². The molecule has 1 aliphatic rings. The van der Waals surface area contributed by atoms with Gasteiger partial charge in [0, 0.05) is 30.5 Å². The van der Waals surface area contributed by atoms with Crippen LogP contribution in [0.1, 0.15) is 41.0 Å². The highest BCUT2D eigenvalue weighted by Gasteiger charge is 2.29. The molecule has 178 valence electrons. The van der Waals surface area contributed by atoms with Crippen molar-refractivity contribution in [3.05, 3.63) is 69.0 Å². The van der Waals surface area contributed by atoms with Gasteiger partial charge in [-0.05, 0) is 57.0 Å². The molecule has 4 rings (SSSR count). The number of hydrogen-bond donors (Lipinski definition) is 1. The molecule has 0 unspecified atom stereocenters. The van der Waals surface area contributed by atoms with Crippen molar-refractivity contribution in [2.24, 2.45) is 0 Å². The lowest BCUT2D eigenvalue weighted by Gasteiger charge is -2.32. The van der Waals surface area contributed by atoms with E-state index < -0.39 is 0 Å².